The predicted octanol–water partition coefficient (Wildman–Crippen LogP) is 0.914. The van der Waals surface area contributed by atoms with Gasteiger partial charge in [-0.15, -0.1) is 0 Å². The summed E-state index contributed by atoms with van der Waals surface area (Å²) in [6.07, 6.45) is 5.82. The van der Waals surface area contributed by atoms with Gasteiger partial charge in [-0.1, -0.05) is 0 Å². The van der Waals surface area contributed by atoms with Gasteiger partial charge in [0, 0.05) is 31.5 Å². The average molecular weight is 236 g/mol. The van der Waals surface area contributed by atoms with Crippen LogP contribution < -0.4 is 5.32 Å². The van der Waals surface area contributed by atoms with Crippen molar-refractivity contribution in [3.8, 4) is 0 Å². The number of rotatable bonds is 3. The third-order valence-corrected chi connectivity index (χ3v) is 4.46. The maximum atomic E-state index is 12.1. The SMILES string of the molecule is CN(CC1CC1)C(=O)[C@H]1C[C@]2(CCC(=O)N2)C1. The molecule has 2 amide bonds. The van der Waals surface area contributed by atoms with Gasteiger partial charge in [-0.3, -0.25) is 9.59 Å². The second-order valence-electron chi connectivity index (χ2n) is 6.10. The van der Waals surface area contributed by atoms with Gasteiger partial charge >= 0.3 is 0 Å². The Morgan fingerprint density at radius 2 is 2.18 bits per heavy atom. The number of carbonyl (C=O) groups is 2. The summed E-state index contributed by atoms with van der Waals surface area (Å²) >= 11 is 0. The van der Waals surface area contributed by atoms with E-state index in [0.717, 1.165) is 31.7 Å². The number of carbonyl (C=O) groups excluding carboxylic acids is 2. The van der Waals surface area contributed by atoms with E-state index >= 15 is 0 Å². The topological polar surface area (TPSA) is 49.4 Å². The van der Waals surface area contributed by atoms with Crippen molar-refractivity contribution in [2.24, 2.45) is 11.8 Å². The van der Waals surface area contributed by atoms with E-state index < -0.39 is 0 Å². The predicted molar refractivity (Wildman–Crippen MR) is 63.2 cm³/mol. The molecule has 0 bridgehead atoms. The first kappa shape index (κ1) is 11.1. The van der Waals surface area contributed by atoms with Crippen LogP contribution >= 0.6 is 0 Å². The van der Waals surface area contributed by atoms with Gasteiger partial charge in [0.05, 0.1) is 0 Å². The van der Waals surface area contributed by atoms with E-state index in [-0.39, 0.29) is 23.3 Å². The first-order valence-electron chi connectivity index (χ1n) is 6.64. The molecule has 1 spiro atoms. The molecule has 0 aromatic carbocycles. The van der Waals surface area contributed by atoms with E-state index in [9.17, 15) is 9.59 Å². The third-order valence-electron chi connectivity index (χ3n) is 4.46. The Labute approximate surface area is 102 Å². The Bertz CT molecular complexity index is 356. The molecule has 17 heavy (non-hydrogen) atoms. The minimum Gasteiger partial charge on any atom is -0.351 e. The van der Waals surface area contributed by atoms with Crippen LogP contribution in [0.25, 0.3) is 0 Å². The van der Waals surface area contributed by atoms with Crippen molar-refractivity contribution >= 4 is 11.8 Å². The molecular weight excluding hydrogens is 216 g/mol. The van der Waals surface area contributed by atoms with Crippen LogP contribution in [0.5, 0.6) is 0 Å². The molecular formula is C13H20N2O2. The molecule has 1 aliphatic heterocycles. The summed E-state index contributed by atoms with van der Waals surface area (Å²) in [5.74, 6) is 1.34. The first-order chi connectivity index (χ1) is 8.08. The zero-order chi connectivity index (χ0) is 12.0. The fourth-order valence-electron chi connectivity index (χ4n) is 3.23. The molecule has 0 atom stereocenters. The fourth-order valence-corrected chi connectivity index (χ4v) is 3.23. The van der Waals surface area contributed by atoms with Crippen LogP contribution in [0.4, 0.5) is 0 Å². The fraction of sp³-hybridized carbons (Fsp3) is 0.846. The van der Waals surface area contributed by atoms with Crippen LogP contribution in [0.3, 0.4) is 0 Å². The van der Waals surface area contributed by atoms with E-state index in [1.807, 2.05) is 11.9 Å². The van der Waals surface area contributed by atoms with Crippen LogP contribution in [0, 0.1) is 11.8 Å². The molecule has 0 aromatic rings. The Morgan fingerprint density at radius 1 is 1.47 bits per heavy atom. The number of hydrogen-bond donors (Lipinski definition) is 1. The first-order valence-corrected chi connectivity index (χ1v) is 6.64. The summed E-state index contributed by atoms with van der Waals surface area (Å²) in [5, 5.41) is 3.03. The minimum atomic E-state index is -0.0160. The second-order valence-corrected chi connectivity index (χ2v) is 6.10. The van der Waals surface area contributed by atoms with Crippen LogP contribution in [-0.2, 0) is 9.59 Å². The summed E-state index contributed by atoms with van der Waals surface area (Å²) in [5.41, 5.74) is -0.0160. The lowest BCUT2D eigenvalue weighted by Crippen LogP contribution is -2.56. The van der Waals surface area contributed by atoms with Gasteiger partial charge in [-0.2, -0.15) is 0 Å². The molecule has 1 heterocycles. The standard InChI is InChI=1S/C13H20N2O2/c1-15(8-9-2-3-9)12(17)10-6-13(7-10)5-4-11(16)14-13/h9-10H,2-8H2,1H3,(H,14,16)/t10-,13+. The molecule has 94 valence electrons. The zero-order valence-corrected chi connectivity index (χ0v) is 10.4. The van der Waals surface area contributed by atoms with Gasteiger partial charge in [0.15, 0.2) is 0 Å². The molecule has 1 N–H and O–H groups in total. The number of nitrogens with one attached hydrogen (secondary N) is 1. The van der Waals surface area contributed by atoms with Gasteiger partial charge in [0.1, 0.15) is 0 Å². The lowest BCUT2D eigenvalue weighted by molar-refractivity contribution is -0.140. The summed E-state index contributed by atoms with van der Waals surface area (Å²) in [7, 11) is 1.92. The molecule has 1 saturated heterocycles. The maximum Gasteiger partial charge on any atom is 0.225 e. The molecule has 2 saturated carbocycles. The molecule has 0 radical (unpaired) electrons. The molecule has 4 nitrogen and oxygen atoms in total. The summed E-state index contributed by atoms with van der Waals surface area (Å²) in [6.45, 7) is 0.925. The summed E-state index contributed by atoms with van der Waals surface area (Å²) < 4.78 is 0. The normalized spacial score (nSPS) is 35.6. The smallest absolute Gasteiger partial charge is 0.225 e. The van der Waals surface area contributed by atoms with Crippen molar-refractivity contribution < 1.29 is 9.59 Å². The van der Waals surface area contributed by atoms with E-state index in [1.54, 1.807) is 0 Å². The van der Waals surface area contributed by atoms with E-state index in [0.29, 0.717) is 6.42 Å². The average Bonchev–Trinajstić information content (AvgIpc) is 2.95. The highest BCUT2D eigenvalue weighted by Crippen LogP contribution is 2.44. The highest BCUT2D eigenvalue weighted by Gasteiger charge is 2.51. The lowest BCUT2D eigenvalue weighted by atomic mass is 9.67. The molecule has 0 aromatic heterocycles. The Hall–Kier alpha value is -1.06. The molecule has 0 unspecified atom stereocenters. The van der Waals surface area contributed by atoms with E-state index in [4.69, 9.17) is 0 Å². The second kappa shape index (κ2) is 3.72. The summed E-state index contributed by atoms with van der Waals surface area (Å²) in [6, 6.07) is 0. The lowest BCUT2D eigenvalue weighted by Gasteiger charge is -2.45. The molecule has 3 rings (SSSR count). The molecule has 2 aliphatic carbocycles. The summed E-state index contributed by atoms with van der Waals surface area (Å²) in [4.78, 5) is 25.2. The molecule has 4 heteroatoms. The van der Waals surface area contributed by atoms with Crippen molar-refractivity contribution in [2.45, 2.75) is 44.1 Å². The van der Waals surface area contributed by atoms with Gasteiger partial charge in [0.25, 0.3) is 0 Å². The highest BCUT2D eigenvalue weighted by molar-refractivity contribution is 5.83. The number of amides is 2. The van der Waals surface area contributed by atoms with Gasteiger partial charge in [0.2, 0.25) is 11.8 Å². The minimum absolute atomic E-state index is 0.0160. The number of hydrogen-bond acceptors (Lipinski definition) is 2. The largest absolute Gasteiger partial charge is 0.351 e. The maximum absolute atomic E-state index is 12.1. The van der Waals surface area contributed by atoms with Crippen LogP contribution in [0.15, 0.2) is 0 Å². The van der Waals surface area contributed by atoms with E-state index in [1.165, 1.54) is 12.8 Å². The van der Waals surface area contributed by atoms with Crippen LogP contribution in [-0.4, -0.2) is 35.8 Å². The monoisotopic (exact) mass is 236 g/mol. The van der Waals surface area contributed by atoms with Crippen molar-refractivity contribution in [1.29, 1.82) is 0 Å². The van der Waals surface area contributed by atoms with Crippen molar-refractivity contribution in [3.63, 3.8) is 0 Å². The Balaban J connectivity index is 1.50. The Morgan fingerprint density at radius 3 is 2.71 bits per heavy atom. The van der Waals surface area contributed by atoms with Crippen LogP contribution in [0.1, 0.15) is 38.5 Å². The van der Waals surface area contributed by atoms with Gasteiger partial charge in [-0.05, 0) is 38.0 Å². The third kappa shape index (κ3) is 2.05. The molecule has 3 fully saturated rings. The van der Waals surface area contributed by atoms with Crippen LogP contribution in [0.2, 0.25) is 0 Å². The van der Waals surface area contributed by atoms with Crippen molar-refractivity contribution in [2.75, 3.05) is 13.6 Å². The van der Waals surface area contributed by atoms with Crippen molar-refractivity contribution in [3.05, 3.63) is 0 Å². The molecule has 3 aliphatic rings. The van der Waals surface area contributed by atoms with E-state index in [2.05, 4.69) is 5.32 Å². The van der Waals surface area contributed by atoms with Gasteiger partial charge in [-0.25, -0.2) is 0 Å². The Kier molecular flexibility index (Phi) is 2.42. The number of nitrogens with zero attached hydrogens (tertiary/aromatic N) is 1. The highest BCUT2D eigenvalue weighted by atomic mass is 16.2. The quantitative estimate of drug-likeness (QED) is 0.792. The van der Waals surface area contributed by atoms with Gasteiger partial charge < -0.3 is 10.2 Å². The van der Waals surface area contributed by atoms with Crippen molar-refractivity contribution in [1.82, 2.24) is 10.2 Å². The zero-order valence-electron chi connectivity index (χ0n) is 10.4.